The molecule has 0 fully saturated rings. The van der Waals surface area contributed by atoms with Gasteiger partial charge in [0.15, 0.2) is 15.3 Å². The predicted octanol–water partition coefficient (Wildman–Crippen LogP) is 4.56. The maximum absolute atomic E-state index is 11.1. The molecule has 0 amide bonds. The summed E-state index contributed by atoms with van der Waals surface area (Å²) in [7, 11) is 0. The van der Waals surface area contributed by atoms with Crippen LogP contribution in [-0.4, -0.2) is 30.8 Å². The van der Waals surface area contributed by atoms with Gasteiger partial charge in [-0.2, -0.15) is 0 Å². The third kappa shape index (κ3) is 4.10. The number of carboxylic acids is 1. The van der Waals surface area contributed by atoms with Crippen LogP contribution in [0.25, 0.3) is 10.7 Å². The molecule has 0 unspecified atom stereocenters. The number of aromatic carboxylic acids is 1. The highest BCUT2D eigenvalue weighted by atomic mass is 32.2. The molecule has 0 aliphatic heterocycles. The van der Waals surface area contributed by atoms with Crippen molar-refractivity contribution in [1.82, 2.24) is 19.7 Å². The average molecular weight is 415 g/mol. The highest BCUT2D eigenvalue weighted by Gasteiger charge is 2.18. The van der Waals surface area contributed by atoms with Crippen molar-refractivity contribution in [3.05, 3.63) is 64.5 Å². The molecule has 3 heterocycles. The normalized spacial score (nSPS) is 11.0. The van der Waals surface area contributed by atoms with E-state index in [2.05, 4.69) is 31.9 Å². The second kappa shape index (κ2) is 8.03. The fraction of sp³-hybridized carbons (Fsp3) is 0.111. The number of carbonyl (C=O) groups is 1. The first-order valence-corrected chi connectivity index (χ1v) is 10.6. The van der Waals surface area contributed by atoms with Crippen molar-refractivity contribution in [2.45, 2.75) is 22.5 Å². The quantitative estimate of drug-likeness (QED) is 0.478. The van der Waals surface area contributed by atoms with Crippen LogP contribution in [0.3, 0.4) is 0 Å². The summed E-state index contributed by atoms with van der Waals surface area (Å²) >= 11 is 4.10. The van der Waals surface area contributed by atoms with Gasteiger partial charge in [0.2, 0.25) is 0 Å². The molecule has 4 aromatic rings. The molecule has 27 heavy (non-hydrogen) atoms. The molecule has 0 radical (unpaired) electrons. The molecule has 0 saturated heterocycles. The van der Waals surface area contributed by atoms with Crippen LogP contribution in [0, 0.1) is 0 Å². The van der Waals surface area contributed by atoms with E-state index < -0.39 is 5.97 Å². The van der Waals surface area contributed by atoms with E-state index in [1.165, 1.54) is 23.5 Å². The predicted molar refractivity (Wildman–Crippen MR) is 107 cm³/mol. The van der Waals surface area contributed by atoms with E-state index >= 15 is 0 Å². The van der Waals surface area contributed by atoms with Gasteiger partial charge in [0.1, 0.15) is 4.88 Å². The Morgan fingerprint density at radius 2 is 2.00 bits per heavy atom. The number of hydrogen-bond acceptors (Lipinski definition) is 7. The van der Waals surface area contributed by atoms with Gasteiger partial charge in [0.05, 0.1) is 11.1 Å². The number of aromatic nitrogens is 4. The first kappa shape index (κ1) is 17.9. The monoisotopic (exact) mass is 414 g/mol. The summed E-state index contributed by atoms with van der Waals surface area (Å²) in [5.74, 6) is -0.150. The molecule has 136 valence electrons. The summed E-state index contributed by atoms with van der Waals surface area (Å²) < 4.78 is 2.71. The smallest absolute Gasteiger partial charge is 0.347 e. The van der Waals surface area contributed by atoms with Gasteiger partial charge in [0, 0.05) is 6.54 Å². The second-order valence-electron chi connectivity index (χ2n) is 5.57. The minimum absolute atomic E-state index is 0.214. The van der Waals surface area contributed by atoms with Gasteiger partial charge in [0.25, 0.3) is 0 Å². The average Bonchev–Trinajstić information content (AvgIpc) is 3.42. The first-order valence-electron chi connectivity index (χ1n) is 8.08. The number of rotatable bonds is 7. The maximum Gasteiger partial charge on any atom is 0.347 e. The number of thiazole rings is 1. The maximum atomic E-state index is 11.1. The van der Waals surface area contributed by atoms with Crippen LogP contribution in [0.4, 0.5) is 0 Å². The van der Waals surface area contributed by atoms with Gasteiger partial charge in [-0.15, -0.1) is 32.9 Å². The number of nitrogens with zero attached hydrogens (tertiary/aromatic N) is 4. The Bertz CT molecular complexity index is 1040. The van der Waals surface area contributed by atoms with E-state index in [1.54, 1.807) is 11.3 Å². The van der Waals surface area contributed by atoms with Crippen LogP contribution in [0.5, 0.6) is 0 Å². The van der Waals surface area contributed by atoms with Crippen molar-refractivity contribution in [2.75, 3.05) is 0 Å². The molecular weight excluding hydrogens is 400 g/mol. The van der Waals surface area contributed by atoms with Gasteiger partial charge in [-0.1, -0.05) is 36.4 Å². The van der Waals surface area contributed by atoms with Gasteiger partial charge in [-0.25, -0.2) is 9.78 Å². The summed E-state index contributed by atoms with van der Waals surface area (Å²) in [5, 5.41) is 20.5. The largest absolute Gasteiger partial charge is 0.477 e. The molecule has 0 aliphatic rings. The molecule has 3 aromatic heterocycles. The summed E-state index contributed by atoms with van der Waals surface area (Å²) in [5.41, 5.74) is 1.24. The zero-order valence-corrected chi connectivity index (χ0v) is 16.4. The minimum atomic E-state index is -0.968. The van der Waals surface area contributed by atoms with Crippen molar-refractivity contribution in [2.24, 2.45) is 0 Å². The van der Waals surface area contributed by atoms with Crippen LogP contribution in [0.2, 0.25) is 0 Å². The summed E-state index contributed by atoms with van der Waals surface area (Å²) in [6.07, 6.45) is 2.23. The standard InChI is InChI=1S/C18H14N4O2S3/c23-16(24)14-11-19-18(26-14)27-17-21-20-15(13-7-4-10-25-13)22(17)9-8-12-5-2-1-3-6-12/h1-7,10-11H,8-9H2,(H,23,24). The Hall–Kier alpha value is -2.49. The molecule has 6 nitrogen and oxygen atoms in total. The summed E-state index contributed by atoms with van der Waals surface area (Å²) in [4.78, 5) is 16.5. The lowest BCUT2D eigenvalue weighted by atomic mass is 10.1. The topological polar surface area (TPSA) is 80.9 Å². The first-order chi connectivity index (χ1) is 13.2. The molecule has 4 rings (SSSR count). The van der Waals surface area contributed by atoms with E-state index in [1.807, 2.05) is 35.7 Å². The lowest BCUT2D eigenvalue weighted by Gasteiger charge is -2.08. The third-order valence-corrected chi connectivity index (χ3v) is 6.71. The van der Waals surface area contributed by atoms with E-state index in [4.69, 9.17) is 5.11 Å². The fourth-order valence-corrected chi connectivity index (χ4v) is 5.02. The van der Waals surface area contributed by atoms with Gasteiger partial charge >= 0.3 is 5.97 Å². The van der Waals surface area contributed by atoms with Crippen molar-refractivity contribution >= 4 is 40.4 Å². The minimum Gasteiger partial charge on any atom is -0.477 e. The lowest BCUT2D eigenvalue weighted by Crippen LogP contribution is -2.04. The van der Waals surface area contributed by atoms with E-state index in [0.717, 1.165) is 35.0 Å². The van der Waals surface area contributed by atoms with Crippen LogP contribution < -0.4 is 0 Å². The Morgan fingerprint density at radius 1 is 1.15 bits per heavy atom. The Kier molecular flexibility index (Phi) is 5.33. The second-order valence-corrected chi connectivity index (χ2v) is 8.76. The van der Waals surface area contributed by atoms with Crippen molar-refractivity contribution in [3.8, 4) is 10.7 Å². The molecule has 0 bridgehead atoms. The zero-order valence-electron chi connectivity index (χ0n) is 14.0. The van der Waals surface area contributed by atoms with Gasteiger partial charge < -0.3 is 9.67 Å². The molecule has 1 N–H and O–H groups in total. The molecule has 0 atom stereocenters. The molecule has 9 heteroatoms. The highest BCUT2D eigenvalue weighted by molar-refractivity contribution is 8.00. The number of carboxylic acid groups (broad SMARTS) is 1. The highest BCUT2D eigenvalue weighted by Crippen LogP contribution is 2.33. The van der Waals surface area contributed by atoms with E-state index in [0.29, 0.717) is 9.50 Å². The third-order valence-electron chi connectivity index (χ3n) is 3.80. The van der Waals surface area contributed by atoms with E-state index in [-0.39, 0.29) is 4.88 Å². The SMILES string of the molecule is O=C(O)c1cnc(Sc2nnc(-c3cccs3)n2CCc2ccccc2)s1. The number of hydrogen-bond donors (Lipinski definition) is 1. The van der Waals surface area contributed by atoms with Crippen molar-refractivity contribution in [3.63, 3.8) is 0 Å². The van der Waals surface area contributed by atoms with Crippen LogP contribution in [0.1, 0.15) is 15.2 Å². The molecule has 1 aromatic carbocycles. The Labute approximate surface area is 167 Å². The molecule has 0 saturated carbocycles. The molecule has 0 spiro atoms. The van der Waals surface area contributed by atoms with Crippen LogP contribution in [0.15, 0.2) is 63.5 Å². The summed E-state index contributed by atoms with van der Waals surface area (Å²) in [6, 6.07) is 14.3. The van der Waals surface area contributed by atoms with Crippen LogP contribution >= 0.6 is 34.4 Å². The van der Waals surface area contributed by atoms with Crippen LogP contribution in [-0.2, 0) is 13.0 Å². The molecular formula is C18H14N4O2S3. The van der Waals surface area contributed by atoms with Gasteiger partial charge in [-0.05, 0) is 35.2 Å². The lowest BCUT2D eigenvalue weighted by molar-refractivity contribution is 0.0702. The zero-order chi connectivity index (χ0) is 18.6. The fourth-order valence-electron chi connectivity index (χ4n) is 2.52. The number of aryl methyl sites for hydroxylation is 1. The van der Waals surface area contributed by atoms with Crippen molar-refractivity contribution in [1.29, 1.82) is 0 Å². The Balaban J connectivity index is 1.63. The van der Waals surface area contributed by atoms with Crippen molar-refractivity contribution < 1.29 is 9.90 Å². The van der Waals surface area contributed by atoms with E-state index in [9.17, 15) is 4.79 Å². The Morgan fingerprint density at radius 3 is 2.70 bits per heavy atom. The summed E-state index contributed by atoms with van der Waals surface area (Å²) in [6.45, 7) is 0.726. The number of benzene rings is 1. The van der Waals surface area contributed by atoms with Gasteiger partial charge in [-0.3, -0.25) is 0 Å². The number of thiophene rings is 1. The molecule has 0 aliphatic carbocycles.